The second-order valence-electron chi connectivity index (χ2n) is 6.72. The van der Waals surface area contributed by atoms with Crippen molar-refractivity contribution in [3.63, 3.8) is 0 Å². The molecule has 0 radical (unpaired) electrons. The van der Waals surface area contributed by atoms with Crippen LogP contribution in [-0.4, -0.2) is 15.9 Å². The summed E-state index contributed by atoms with van der Waals surface area (Å²) in [6.45, 7) is 0.676. The number of fused-ring (bicyclic) bond motifs is 1. The summed E-state index contributed by atoms with van der Waals surface area (Å²) in [6, 6.07) is 13.6. The highest BCUT2D eigenvalue weighted by atomic mass is 35.5. The van der Waals surface area contributed by atoms with E-state index < -0.39 is 0 Å². The standard InChI is InChI=1S/C22H18ClFN4OS/c23-16-3-6-18-19(10-16)27-20(12-25-21(29)9-15-7-8-30-13-15)28-22(18)26-11-14-1-4-17(24)5-2-14/h1-8,10,13H,9,11-12H2,(H,25,29)(H,26,27,28). The predicted molar refractivity (Wildman–Crippen MR) is 118 cm³/mol. The molecular weight excluding hydrogens is 423 g/mol. The molecule has 0 aliphatic heterocycles. The number of nitrogens with zero attached hydrogens (tertiary/aromatic N) is 2. The van der Waals surface area contributed by atoms with Gasteiger partial charge in [0.1, 0.15) is 11.6 Å². The lowest BCUT2D eigenvalue weighted by molar-refractivity contribution is -0.120. The van der Waals surface area contributed by atoms with Gasteiger partial charge < -0.3 is 10.6 Å². The Hall–Kier alpha value is -3.03. The highest BCUT2D eigenvalue weighted by Crippen LogP contribution is 2.24. The van der Waals surface area contributed by atoms with E-state index in [1.165, 1.54) is 12.1 Å². The first-order valence-corrected chi connectivity index (χ1v) is 10.6. The van der Waals surface area contributed by atoms with Gasteiger partial charge >= 0.3 is 0 Å². The summed E-state index contributed by atoms with van der Waals surface area (Å²) in [7, 11) is 0. The normalized spacial score (nSPS) is 10.9. The molecule has 0 saturated heterocycles. The van der Waals surface area contributed by atoms with Crippen LogP contribution in [0, 0.1) is 5.82 Å². The molecule has 5 nitrogen and oxygen atoms in total. The maximum Gasteiger partial charge on any atom is 0.224 e. The lowest BCUT2D eigenvalue weighted by atomic mass is 10.2. The van der Waals surface area contributed by atoms with E-state index in [1.54, 1.807) is 35.6 Å². The van der Waals surface area contributed by atoms with Crippen LogP contribution in [0.1, 0.15) is 17.0 Å². The van der Waals surface area contributed by atoms with E-state index in [1.807, 2.05) is 22.9 Å². The summed E-state index contributed by atoms with van der Waals surface area (Å²) < 4.78 is 13.1. The Labute approximate surface area is 181 Å². The van der Waals surface area contributed by atoms with Gasteiger partial charge in [0.25, 0.3) is 0 Å². The summed E-state index contributed by atoms with van der Waals surface area (Å²) in [5.74, 6) is 0.735. The number of halogens is 2. The average molecular weight is 441 g/mol. The van der Waals surface area contributed by atoms with E-state index in [-0.39, 0.29) is 18.3 Å². The molecule has 2 N–H and O–H groups in total. The van der Waals surface area contributed by atoms with E-state index >= 15 is 0 Å². The van der Waals surface area contributed by atoms with E-state index in [4.69, 9.17) is 11.6 Å². The molecule has 4 rings (SSSR count). The van der Waals surface area contributed by atoms with Crippen molar-refractivity contribution in [1.29, 1.82) is 0 Å². The fourth-order valence-electron chi connectivity index (χ4n) is 2.97. The van der Waals surface area contributed by atoms with Crippen LogP contribution in [-0.2, 0) is 24.3 Å². The zero-order valence-corrected chi connectivity index (χ0v) is 17.4. The number of thiophene rings is 1. The zero-order valence-electron chi connectivity index (χ0n) is 15.9. The number of carbonyl (C=O) groups is 1. The Morgan fingerprint density at radius 2 is 1.87 bits per heavy atom. The number of anilines is 1. The SMILES string of the molecule is O=C(Cc1ccsc1)NCc1nc(NCc2ccc(F)cc2)c2ccc(Cl)cc2n1. The molecule has 30 heavy (non-hydrogen) atoms. The van der Waals surface area contributed by atoms with E-state index in [2.05, 4.69) is 20.6 Å². The van der Waals surface area contributed by atoms with Gasteiger partial charge in [-0.05, 0) is 58.3 Å². The second kappa shape index (κ2) is 9.19. The molecule has 0 bridgehead atoms. The van der Waals surface area contributed by atoms with Crippen LogP contribution in [0.4, 0.5) is 10.2 Å². The second-order valence-corrected chi connectivity index (χ2v) is 7.93. The topological polar surface area (TPSA) is 66.9 Å². The molecule has 0 spiro atoms. The molecule has 4 aromatic rings. The monoisotopic (exact) mass is 440 g/mol. The molecule has 2 heterocycles. The average Bonchev–Trinajstić information content (AvgIpc) is 3.24. The van der Waals surface area contributed by atoms with Gasteiger partial charge in [-0.3, -0.25) is 4.79 Å². The maximum absolute atomic E-state index is 13.1. The number of hydrogen-bond donors (Lipinski definition) is 2. The smallest absolute Gasteiger partial charge is 0.224 e. The van der Waals surface area contributed by atoms with Gasteiger partial charge in [0, 0.05) is 17.0 Å². The Bertz CT molecular complexity index is 1170. The number of amides is 1. The Balaban J connectivity index is 1.52. The van der Waals surface area contributed by atoms with E-state index in [9.17, 15) is 9.18 Å². The van der Waals surface area contributed by atoms with Crippen LogP contribution in [0.2, 0.25) is 5.02 Å². The van der Waals surface area contributed by atoms with Crippen LogP contribution in [0.25, 0.3) is 10.9 Å². The number of rotatable bonds is 7. The van der Waals surface area contributed by atoms with Gasteiger partial charge in [0.05, 0.1) is 18.5 Å². The van der Waals surface area contributed by atoms with Gasteiger partial charge in [-0.1, -0.05) is 23.7 Å². The largest absolute Gasteiger partial charge is 0.365 e. The Kier molecular flexibility index (Phi) is 6.21. The highest BCUT2D eigenvalue weighted by Gasteiger charge is 2.10. The predicted octanol–water partition coefficient (Wildman–Crippen LogP) is 4.95. The lowest BCUT2D eigenvalue weighted by Crippen LogP contribution is -2.25. The number of nitrogens with one attached hydrogen (secondary N) is 2. The molecule has 2 aromatic heterocycles. The Morgan fingerprint density at radius 3 is 2.63 bits per heavy atom. The summed E-state index contributed by atoms with van der Waals surface area (Å²) in [5, 5.41) is 11.4. The maximum atomic E-state index is 13.1. The third kappa shape index (κ3) is 5.11. The first-order valence-electron chi connectivity index (χ1n) is 9.29. The molecule has 0 aliphatic carbocycles. The van der Waals surface area contributed by atoms with Crippen molar-refractivity contribution in [2.45, 2.75) is 19.5 Å². The van der Waals surface area contributed by atoms with Crippen LogP contribution < -0.4 is 10.6 Å². The number of aromatic nitrogens is 2. The summed E-state index contributed by atoms with van der Waals surface area (Å²) in [4.78, 5) is 21.3. The number of carbonyl (C=O) groups excluding carboxylic acids is 1. The van der Waals surface area contributed by atoms with Crippen molar-refractivity contribution in [2.24, 2.45) is 0 Å². The summed E-state index contributed by atoms with van der Waals surface area (Å²) in [6.07, 6.45) is 0.318. The molecular formula is C22H18ClFN4OS. The van der Waals surface area contributed by atoms with Crippen molar-refractivity contribution < 1.29 is 9.18 Å². The minimum absolute atomic E-state index is 0.0935. The number of benzene rings is 2. The Morgan fingerprint density at radius 1 is 1.03 bits per heavy atom. The first-order chi connectivity index (χ1) is 14.6. The van der Waals surface area contributed by atoms with Gasteiger partial charge in [-0.25, -0.2) is 14.4 Å². The molecule has 1 amide bonds. The molecule has 0 aliphatic rings. The summed E-state index contributed by atoms with van der Waals surface area (Å²) in [5.41, 5.74) is 2.58. The number of hydrogen-bond acceptors (Lipinski definition) is 5. The lowest BCUT2D eigenvalue weighted by Gasteiger charge is -2.12. The van der Waals surface area contributed by atoms with Gasteiger partial charge in [-0.2, -0.15) is 11.3 Å². The quantitative estimate of drug-likeness (QED) is 0.426. The van der Waals surface area contributed by atoms with Gasteiger partial charge in [0.15, 0.2) is 5.82 Å². The van der Waals surface area contributed by atoms with Crippen LogP contribution in [0.5, 0.6) is 0 Å². The fraction of sp³-hybridized carbons (Fsp3) is 0.136. The molecule has 0 saturated carbocycles. The van der Waals surface area contributed by atoms with Crippen molar-refractivity contribution in [1.82, 2.24) is 15.3 Å². The van der Waals surface area contributed by atoms with Crippen LogP contribution >= 0.6 is 22.9 Å². The molecule has 0 fully saturated rings. The van der Waals surface area contributed by atoms with Crippen molar-refractivity contribution in [3.8, 4) is 0 Å². The third-order valence-corrected chi connectivity index (χ3v) is 5.43. The molecule has 2 aromatic carbocycles. The molecule has 152 valence electrons. The zero-order chi connectivity index (χ0) is 20.9. The third-order valence-electron chi connectivity index (χ3n) is 4.47. The van der Waals surface area contributed by atoms with Crippen molar-refractivity contribution in [3.05, 3.63) is 87.1 Å². The molecule has 8 heteroatoms. The van der Waals surface area contributed by atoms with Crippen molar-refractivity contribution >= 4 is 45.6 Å². The van der Waals surface area contributed by atoms with E-state index in [0.717, 1.165) is 16.5 Å². The fourth-order valence-corrected chi connectivity index (χ4v) is 3.81. The van der Waals surface area contributed by atoms with Crippen LogP contribution in [0.15, 0.2) is 59.3 Å². The minimum Gasteiger partial charge on any atom is -0.365 e. The molecule has 0 atom stereocenters. The van der Waals surface area contributed by atoms with Crippen molar-refractivity contribution in [2.75, 3.05) is 5.32 Å². The van der Waals surface area contributed by atoms with Gasteiger partial charge in [-0.15, -0.1) is 0 Å². The van der Waals surface area contributed by atoms with Gasteiger partial charge in [0.2, 0.25) is 5.91 Å². The highest BCUT2D eigenvalue weighted by molar-refractivity contribution is 7.08. The first kappa shape index (κ1) is 20.3. The molecule has 0 unspecified atom stereocenters. The minimum atomic E-state index is -0.277. The van der Waals surface area contributed by atoms with Crippen LogP contribution in [0.3, 0.4) is 0 Å². The summed E-state index contributed by atoms with van der Waals surface area (Å²) >= 11 is 7.69. The van der Waals surface area contributed by atoms with E-state index in [0.29, 0.717) is 35.1 Å².